The van der Waals surface area contributed by atoms with Gasteiger partial charge in [0.05, 0.1) is 17.0 Å². The molecule has 2 aliphatic rings. The quantitative estimate of drug-likeness (QED) is 0.176. The van der Waals surface area contributed by atoms with Crippen molar-refractivity contribution < 1.29 is 4.74 Å². The summed E-state index contributed by atoms with van der Waals surface area (Å²) in [7, 11) is 0. The zero-order valence-electron chi connectivity index (χ0n) is 31.3. The Labute approximate surface area is 334 Å². The summed E-state index contributed by atoms with van der Waals surface area (Å²) in [6, 6.07) is 62.3. The van der Waals surface area contributed by atoms with Crippen LogP contribution in [0.2, 0.25) is 0 Å². The minimum atomic E-state index is -0.193. The van der Waals surface area contributed by atoms with Crippen molar-refractivity contribution in [3.63, 3.8) is 0 Å². The van der Waals surface area contributed by atoms with E-state index in [2.05, 4.69) is 199 Å². The maximum Gasteiger partial charge on any atom is 0.164 e. The largest absolute Gasteiger partial charge is 0.485 e. The molecule has 5 heteroatoms. The SMILES string of the molecule is C1=CC2Oc3cc(-n4c5ccccc5c5cc(-c6ccccc6)ccc54)ccc3C2C(c2nc(-c3ccc4ccccc4c3)nc(-c3ccc4ccccc4c3)n2)=C1. The zero-order valence-corrected chi connectivity index (χ0v) is 31.3. The Bertz CT molecular complexity index is 3240. The highest BCUT2D eigenvalue weighted by Crippen LogP contribution is 2.49. The normalized spacial score (nSPS) is 15.8. The van der Waals surface area contributed by atoms with Gasteiger partial charge in [-0.15, -0.1) is 0 Å². The molecule has 0 amide bonds. The molecule has 0 spiro atoms. The van der Waals surface area contributed by atoms with Crippen LogP contribution in [0.25, 0.3) is 88.5 Å². The van der Waals surface area contributed by atoms with Gasteiger partial charge in [-0.2, -0.15) is 0 Å². The van der Waals surface area contributed by atoms with E-state index in [1.54, 1.807) is 0 Å². The smallest absolute Gasteiger partial charge is 0.164 e. The molecule has 58 heavy (non-hydrogen) atoms. The molecule has 5 nitrogen and oxygen atoms in total. The van der Waals surface area contributed by atoms with Gasteiger partial charge < -0.3 is 9.30 Å². The maximum atomic E-state index is 6.82. The third-order valence-electron chi connectivity index (χ3n) is 11.8. The van der Waals surface area contributed by atoms with Crippen molar-refractivity contribution in [1.29, 1.82) is 0 Å². The van der Waals surface area contributed by atoms with Crippen molar-refractivity contribution in [2.24, 2.45) is 0 Å². The third-order valence-corrected chi connectivity index (χ3v) is 11.8. The number of aromatic nitrogens is 4. The first kappa shape index (κ1) is 32.6. The number of rotatable bonds is 5. The molecular formula is C53H34N4O. The second-order valence-electron chi connectivity index (χ2n) is 15.2. The average molecular weight is 743 g/mol. The number of fused-ring (bicyclic) bond motifs is 8. The number of benzene rings is 8. The first-order valence-electron chi connectivity index (χ1n) is 19.7. The average Bonchev–Trinajstić information content (AvgIpc) is 3.84. The molecule has 0 bridgehead atoms. The van der Waals surface area contributed by atoms with Gasteiger partial charge in [-0.1, -0.05) is 146 Å². The van der Waals surface area contributed by atoms with E-state index < -0.39 is 0 Å². The number of hydrogen-bond donors (Lipinski definition) is 0. The second-order valence-corrected chi connectivity index (χ2v) is 15.2. The van der Waals surface area contributed by atoms with Crippen molar-refractivity contribution in [1.82, 2.24) is 19.5 Å². The van der Waals surface area contributed by atoms with Crippen molar-refractivity contribution >= 4 is 48.9 Å². The predicted molar refractivity (Wildman–Crippen MR) is 236 cm³/mol. The first-order valence-corrected chi connectivity index (χ1v) is 19.7. The summed E-state index contributed by atoms with van der Waals surface area (Å²) in [5.41, 5.74) is 9.81. The van der Waals surface area contributed by atoms with Crippen LogP contribution >= 0.6 is 0 Å². The molecule has 2 aromatic heterocycles. The third kappa shape index (κ3) is 5.28. The van der Waals surface area contributed by atoms with Crippen molar-refractivity contribution in [3.8, 4) is 45.3 Å². The van der Waals surface area contributed by atoms with Crippen molar-refractivity contribution in [2.45, 2.75) is 12.0 Å². The van der Waals surface area contributed by atoms with Crippen molar-refractivity contribution in [2.75, 3.05) is 0 Å². The molecule has 272 valence electrons. The van der Waals surface area contributed by atoms with Crippen molar-refractivity contribution in [3.05, 3.63) is 206 Å². The molecule has 8 aromatic carbocycles. The van der Waals surface area contributed by atoms with E-state index in [-0.39, 0.29) is 12.0 Å². The predicted octanol–water partition coefficient (Wildman–Crippen LogP) is 12.8. The highest BCUT2D eigenvalue weighted by Gasteiger charge is 2.39. The maximum absolute atomic E-state index is 6.82. The number of allylic oxidation sites excluding steroid dienone is 2. The Hall–Kier alpha value is -7.63. The molecule has 2 atom stereocenters. The van der Waals surface area contributed by atoms with E-state index in [4.69, 9.17) is 19.7 Å². The van der Waals surface area contributed by atoms with E-state index in [9.17, 15) is 0 Å². The molecule has 0 saturated carbocycles. The lowest BCUT2D eigenvalue weighted by molar-refractivity contribution is 0.271. The lowest BCUT2D eigenvalue weighted by Gasteiger charge is -2.22. The molecule has 3 heterocycles. The number of nitrogens with zero attached hydrogens (tertiary/aromatic N) is 4. The highest BCUT2D eigenvalue weighted by molar-refractivity contribution is 6.10. The monoisotopic (exact) mass is 742 g/mol. The van der Waals surface area contributed by atoms with Crippen LogP contribution in [0.5, 0.6) is 5.75 Å². The molecule has 1 aliphatic carbocycles. The molecule has 0 fully saturated rings. The zero-order chi connectivity index (χ0) is 38.2. The highest BCUT2D eigenvalue weighted by atomic mass is 16.5. The lowest BCUT2D eigenvalue weighted by atomic mass is 9.84. The standard InChI is InChI=1S/C53H34N4O/c1-2-11-33(12-3-1)38-25-28-47-45(31-38)42-17-8-9-19-46(42)57(47)41-26-27-43-49(32-41)58-48-20-10-18-44(50(43)48)53-55-51(39-23-21-34-13-4-6-15-36(34)29-39)54-52(56-53)40-24-22-35-14-5-7-16-37(35)30-40/h1-32,48,50H. The van der Waals surface area contributed by atoms with Gasteiger partial charge in [0, 0.05) is 44.8 Å². The summed E-state index contributed by atoms with van der Waals surface area (Å²) in [4.78, 5) is 15.6. The molecule has 12 rings (SSSR count). The summed E-state index contributed by atoms with van der Waals surface area (Å²) >= 11 is 0. The van der Waals surface area contributed by atoms with Crippen LogP contribution in [0.4, 0.5) is 0 Å². The van der Waals surface area contributed by atoms with E-state index in [1.807, 2.05) is 0 Å². The summed E-state index contributed by atoms with van der Waals surface area (Å²) in [6.07, 6.45) is 6.18. The van der Waals surface area contributed by atoms with Gasteiger partial charge in [-0.3, -0.25) is 0 Å². The molecule has 1 aliphatic heterocycles. The van der Waals surface area contributed by atoms with Gasteiger partial charge >= 0.3 is 0 Å². The van der Waals surface area contributed by atoms with E-state index in [0.29, 0.717) is 17.5 Å². The van der Waals surface area contributed by atoms with E-state index >= 15 is 0 Å². The van der Waals surface area contributed by atoms with Gasteiger partial charge in [0.25, 0.3) is 0 Å². The van der Waals surface area contributed by atoms with Gasteiger partial charge in [-0.05, 0) is 75.1 Å². The van der Waals surface area contributed by atoms with Crippen LogP contribution in [-0.4, -0.2) is 25.6 Å². The Morgan fingerprint density at radius 3 is 1.81 bits per heavy atom. The molecule has 0 saturated heterocycles. The van der Waals surface area contributed by atoms with Gasteiger partial charge in [0.15, 0.2) is 17.5 Å². The van der Waals surface area contributed by atoms with Crippen LogP contribution in [0.1, 0.15) is 17.3 Å². The minimum absolute atomic E-state index is 0.0862. The topological polar surface area (TPSA) is 52.8 Å². The van der Waals surface area contributed by atoms with E-state index in [1.165, 1.54) is 32.7 Å². The van der Waals surface area contributed by atoms with Gasteiger partial charge in [-0.25, -0.2) is 15.0 Å². The first-order chi connectivity index (χ1) is 28.7. The Morgan fingerprint density at radius 2 is 1.07 bits per heavy atom. The van der Waals surface area contributed by atoms with Gasteiger partial charge in [0.1, 0.15) is 11.9 Å². The fourth-order valence-electron chi connectivity index (χ4n) is 8.97. The fourth-order valence-corrected chi connectivity index (χ4v) is 8.97. The van der Waals surface area contributed by atoms with Crippen LogP contribution in [0.15, 0.2) is 194 Å². The molecular weight excluding hydrogens is 709 g/mol. The Balaban J connectivity index is 0.976. The molecule has 10 aromatic rings. The van der Waals surface area contributed by atoms with Crippen LogP contribution in [0.3, 0.4) is 0 Å². The summed E-state index contributed by atoms with van der Waals surface area (Å²) < 4.78 is 9.17. The minimum Gasteiger partial charge on any atom is -0.485 e. The van der Waals surface area contributed by atoms with Crippen LogP contribution in [-0.2, 0) is 0 Å². The Kier molecular flexibility index (Phi) is 7.29. The lowest BCUT2D eigenvalue weighted by Crippen LogP contribution is -2.20. The summed E-state index contributed by atoms with van der Waals surface area (Å²) in [5.74, 6) is 2.72. The summed E-state index contributed by atoms with van der Waals surface area (Å²) in [5, 5.41) is 7.08. The van der Waals surface area contributed by atoms with E-state index in [0.717, 1.165) is 55.5 Å². The fraction of sp³-hybridized carbons (Fsp3) is 0.0377. The van der Waals surface area contributed by atoms with Crippen LogP contribution < -0.4 is 4.74 Å². The van der Waals surface area contributed by atoms with Gasteiger partial charge in [0.2, 0.25) is 0 Å². The number of para-hydroxylation sites is 1. The number of hydrogen-bond acceptors (Lipinski definition) is 4. The second kappa shape index (κ2) is 13.0. The van der Waals surface area contributed by atoms with Crippen LogP contribution in [0, 0.1) is 0 Å². The molecule has 0 N–H and O–H groups in total. The Morgan fingerprint density at radius 1 is 0.448 bits per heavy atom. The molecule has 2 unspecified atom stereocenters. The molecule has 0 radical (unpaired) electrons. The number of ether oxygens (including phenoxy) is 1. The summed E-state index contributed by atoms with van der Waals surface area (Å²) in [6.45, 7) is 0.